The fourth-order valence-corrected chi connectivity index (χ4v) is 3.02. The van der Waals surface area contributed by atoms with E-state index in [9.17, 15) is 4.79 Å². The SMILES string of the molecule is CCOc1ccc(NC(=O)/C=C(\C)c2cc3c(C)coc3cc2OCC)cc1. The molecule has 0 aliphatic carbocycles. The number of fused-ring (bicyclic) bond motifs is 1. The lowest BCUT2D eigenvalue weighted by atomic mass is 10.0. The second kappa shape index (κ2) is 8.65. The fraction of sp³-hybridized carbons (Fsp3) is 0.261. The molecule has 1 amide bonds. The van der Waals surface area contributed by atoms with Crippen LogP contribution in [0.5, 0.6) is 11.5 Å². The molecule has 0 spiro atoms. The Hall–Kier alpha value is -3.21. The van der Waals surface area contributed by atoms with Crippen molar-refractivity contribution in [1.29, 1.82) is 0 Å². The molecule has 0 aliphatic heterocycles. The van der Waals surface area contributed by atoms with Crippen molar-refractivity contribution < 1.29 is 18.7 Å². The van der Waals surface area contributed by atoms with Gasteiger partial charge in [0.05, 0.1) is 19.5 Å². The number of amides is 1. The maximum Gasteiger partial charge on any atom is 0.248 e. The van der Waals surface area contributed by atoms with Crippen LogP contribution in [0.1, 0.15) is 31.9 Å². The van der Waals surface area contributed by atoms with Gasteiger partial charge in [-0.3, -0.25) is 4.79 Å². The summed E-state index contributed by atoms with van der Waals surface area (Å²) < 4.78 is 16.7. The van der Waals surface area contributed by atoms with Gasteiger partial charge in [0.15, 0.2) is 0 Å². The van der Waals surface area contributed by atoms with Gasteiger partial charge in [-0.15, -0.1) is 0 Å². The van der Waals surface area contributed by atoms with Gasteiger partial charge in [0.2, 0.25) is 5.91 Å². The van der Waals surface area contributed by atoms with Gasteiger partial charge in [0.25, 0.3) is 0 Å². The Kier molecular flexibility index (Phi) is 6.04. The van der Waals surface area contributed by atoms with E-state index in [4.69, 9.17) is 13.9 Å². The van der Waals surface area contributed by atoms with Crippen molar-refractivity contribution in [2.45, 2.75) is 27.7 Å². The molecule has 3 aromatic rings. The van der Waals surface area contributed by atoms with Gasteiger partial charge in [-0.05, 0) is 69.2 Å². The molecule has 0 atom stereocenters. The molecule has 1 N–H and O–H groups in total. The average Bonchev–Trinajstić information content (AvgIpc) is 3.03. The van der Waals surface area contributed by atoms with Crippen LogP contribution in [0.4, 0.5) is 5.69 Å². The third kappa shape index (κ3) is 4.36. The molecule has 0 bridgehead atoms. The van der Waals surface area contributed by atoms with E-state index >= 15 is 0 Å². The molecule has 5 nitrogen and oxygen atoms in total. The zero-order valence-electron chi connectivity index (χ0n) is 16.7. The highest BCUT2D eigenvalue weighted by Crippen LogP contribution is 2.33. The van der Waals surface area contributed by atoms with Crippen molar-refractivity contribution in [3.63, 3.8) is 0 Å². The van der Waals surface area contributed by atoms with Crippen LogP contribution in [-0.2, 0) is 4.79 Å². The first-order valence-electron chi connectivity index (χ1n) is 9.39. The molecule has 0 unspecified atom stereocenters. The molecule has 1 heterocycles. The van der Waals surface area contributed by atoms with E-state index in [1.165, 1.54) is 0 Å². The van der Waals surface area contributed by atoms with Crippen molar-refractivity contribution in [1.82, 2.24) is 0 Å². The first-order chi connectivity index (χ1) is 13.5. The smallest absolute Gasteiger partial charge is 0.248 e. The van der Waals surface area contributed by atoms with E-state index in [1.54, 1.807) is 12.3 Å². The number of allylic oxidation sites excluding steroid dienone is 1. The molecule has 5 heteroatoms. The molecule has 0 saturated carbocycles. The topological polar surface area (TPSA) is 60.7 Å². The van der Waals surface area contributed by atoms with Crippen molar-refractivity contribution in [3.8, 4) is 11.5 Å². The number of anilines is 1. The van der Waals surface area contributed by atoms with E-state index < -0.39 is 0 Å². The number of furan rings is 1. The number of rotatable bonds is 7. The minimum atomic E-state index is -0.201. The molecule has 0 saturated heterocycles. The Labute approximate surface area is 164 Å². The van der Waals surface area contributed by atoms with Gasteiger partial charge in [-0.25, -0.2) is 0 Å². The highest BCUT2D eigenvalue weighted by atomic mass is 16.5. The number of nitrogens with one attached hydrogen (secondary N) is 1. The van der Waals surface area contributed by atoms with E-state index in [-0.39, 0.29) is 5.91 Å². The van der Waals surface area contributed by atoms with Crippen LogP contribution in [-0.4, -0.2) is 19.1 Å². The summed E-state index contributed by atoms with van der Waals surface area (Å²) >= 11 is 0. The Morgan fingerprint density at radius 3 is 2.50 bits per heavy atom. The zero-order chi connectivity index (χ0) is 20.1. The summed E-state index contributed by atoms with van der Waals surface area (Å²) in [6.07, 6.45) is 3.30. The monoisotopic (exact) mass is 379 g/mol. The number of ether oxygens (including phenoxy) is 2. The van der Waals surface area contributed by atoms with Crippen LogP contribution in [0.15, 0.2) is 53.2 Å². The summed E-state index contributed by atoms with van der Waals surface area (Å²) in [5, 5.41) is 3.89. The lowest BCUT2D eigenvalue weighted by Gasteiger charge is -2.11. The Morgan fingerprint density at radius 1 is 1.11 bits per heavy atom. The normalized spacial score (nSPS) is 11.5. The molecule has 3 rings (SSSR count). The summed E-state index contributed by atoms with van der Waals surface area (Å²) in [6.45, 7) is 8.89. The third-order valence-corrected chi connectivity index (χ3v) is 4.37. The van der Waals surface area contributed by atoms with Crippen LogP contribution in [0.2, 0.25) is 0 Å². The molecule has 1 aromatic heterocycles. The van der Waals surface area contributed by atoms with Crippen molar-refractivity contribution in [2.75, 3.05) is 18.5 Å². The number of carbonyl (C=O) groups excluding carboxylic acids is 1. The van der Waals surface area contributed by atoms with Crippen LogP contribution in [0, 0.1) is 6.92 Å². The van der Waals surface area contributed by atoms with Gasteiger partial charge < -0.3 is 19.2 Å². The lowest BCUT2D eigenvalue weighted by Crippen LogP contribution is -2.08. The molecule has 2 aromatic carbocycles. The van der Waals surface area contributed by atoms with Gasteiger partial charge in [0.1, 0.15) is 17.1 Å². The zero-order valence-corrected chi connectivity index (χ0v) is 16.7. The van der Waals surface area contributed by atoms with Crippen LogP contribution in [0.25, 0.3) is 16.5 Å². The molecular weight excluding hydrogens is 354 g/mol. The highest BCUT2D eigenvalue weighted by molar-refractivity contribution is 6.04. The summed E-state index contributed by atoms with van der Waals surface area (Å²) in [6, 6.07) is 11.2. The first-order valence-corrected chi connectivity index (χ1v) is 9.39. The maximum absolute atomic E-state index is 12.5. The van der Waals surface area contributed by atoms with Gasteiger partial charge in [-0.1, -0.05) is 0 Å². The van der Waals surface area contributed by atoms with Crippen LogP contribution >= 0.6 is 0 Å². The lowest BCUT2D eigenvalue weighted by molar-refractivity contribution is -0.111. The average molecular weight is 379 g/mol. The predicted molar refractivity (Wildman–Crippen MR) is 112 cm³/mol. The maximum atomic E-state index is 12.5. The minimum Gasteiger partial charge on any atom is -0.494 e. The number of hydrogen-bond donors (Lipinski definition) is 1. The molecule has 0 radical (unpaired) electrons. The van der Waals surface area contributed by atoms with Gasteiger partial charge in [0, 0.05) is 28.8 Å². The molecule has 0 fully saturated rings. The predicted octanol–water partition coefficient (Wildman–Crippen LogP) is 5.58. The molecule has 146 valence electrons. The molecular formula is C23H25NO4. The Balaban J connectivity index is 1.84. The summed E-state index contributed by atoms with van der Waals surface area (Å²) in [7, 11) is 0. The van der Waals surface area contributed by atoms with E-state index in [0.29, 0.717) is 24.7 Å². The molecule has 28 heavy (non-hydrogen) atoms. The largest absolute Gasteiger partial charge is 0.494 e. The second-order valence-electron chi connectivity index (χ2n) is 6.47. The quantitative estimate of drug-likeness (QED) is 0.544. The summed E-state index contributed by atoms with van der Waals surface area (Å²) in [4.78, 5) is 12.5. The Morgan fingerprint density at radius 2 is 1.82 bits per heavy atom. The van der Waals surface area contributed by atoms with Crippen molar-refractivity contribution in [3.05, 3.63) is 59.9 Å². The van der Waals surface area contributed by atoms with Gasteiger partial charge >= 0.3 is 0 Å². The van der Waals surface area contributed by atoms with E-state index in [0.717, 1.165) is 33.4 Å². The van der Waals surface area contributed by atoms with E-state index in [2.05, 4.69) is 5.32 Å². The highest BCUT2D eigenvalue weighted by Gasteiger charge is 2.13. The number of aryl methyl sites for hydroxylation is 1. The second-order valence-corrected chi connectivity index (χ2v) is 6.47. The first kappa shape index (κ1) is 19.5. The number of carbonyl (C=O) groups is 1. The van der Waals surface area contributed by atoms with E-state index in [1.807, 2.05) is 64.1 Å². The molecule has 0 aliphatic rings. The summed E-state index contributed by atoms with van der Waals surface area (Å²) in [5.41, 5.74) is 4.22. The van der Waals surface area contributed by atoms with Gasteiger partial charge in [-0.2, -0.15) is 0 Å². The fourth-order valence-electron chi connectivity index (χ4n) is 3.02. The standard InChI is InChI=1S/C23H25NO4/c1-5-26-18-9-7-17(8-10-18)24-23(25)11-15(3)19-12-20-16(4)14-28-22(20)13-21(19)27-6-2/h7-14H,5-6H2,1-4H3,(H,24,25)/b15-11+. The minimum absolute atomic E-state index is 0.201. The van der Waals surface area contributed by atoms with Crippen LogP contribution < -0.4 is 14.8 Å². The Bertz CT molecular complexity index is 999. The van der Waals surface area contributed by atoms with Crippen molar-refractivity contribution >= 4 is 28.1 Å². The third-order valence-electron chi connectivity index (χ3n) is 4.37. The van der Waals surface area contributed by atoms with Crippen LogP contribution in [0.3, 0.4) is 0 Å². The summed E-state index contributed by atoms with van der Waals surface area (Å²) in [5.74, 6) is 1.28. The number of hydrogen-bond acceptors (Lipinski definition) is 4. The number of benzene rings is 2. The van der Waals surface area contributed by atoms with Crippen molar-refractivity contribution in [2.24, 2.45) is 0 Å².